The van der Waals surface area contributed by atoms with E-state index in [-0.39, 0.29) is 22.8 Å². The number of nitro groups is 1. The molecule has 0 saturated carbocycles. The number of nitrogens with zero attached hydrogens (tertiary/aromatic N) is 3. The molecule has 1 aromatic rings. The average Bonchev–Trinajstić information content (AvgIpc) is 2.25. The minimum absolute atomic E-state index is 0.0280. The Hall–Kier alpha value is -1.76. The SMILES string of the molecule is CC1(C)CC(Nc2ncc([N+](=O)[O-])cn2)CC(C)(C)N1. The second-order valence-electron chi connectivity index (χ2n) is 6.66. The predicted molar refractivity (Wildman–Crippen MR) is 76.6 cm³/mol. The fraction of sp³-hybridized carbons (Fsp3) is 0.692. The molecular weight excluding hydrogens is 258 g/mol. The summed E-state index contributed by atoms with van der Waals surface area (Å²) in [7, 11) is 0. The van der Waals surface area contributed by atoms with E-state index in [1.165, 1.54) is 12.4 Å². The summed E-state index contributed by atoms with van der Waals surface area (Å²) in [6.07, 6.45) is 4.34. The second kappa shape index (κ2) is 4.97. The zero-order valence-corrected chi connectivity index (χ0v) is 12.3. The molecule has 0 radical (unpaired) electrons. The monoisotopic (exact) mass is 279 g/mol. The topological polar surface area (TPSA) is 93.0 Å². The molecule has 7 heteroatoms. The molecule has 1 aliphatic rings. The van der Waals surface area contributed by atoms with Crippen molar-refractivity contribution in [3.63, 3.8) is 0 Å². The lowest BCUT2D eigenvalue weighted by atomic mass is 9.80. The highest BCUT2D eigenvalue weighted by molar-refractivity contribution is 5.32. The molecule has 0 spiro atoms. The van der Waals surface area contributed by atoms with E-state index in [0.29, 0.717) is 5.95 Å². The van der Waals surface area contributed by atoms with Gasteiger partial charge < -0.3 is 10.6 Å². The van der Waals surface area contributed by atoms with Crippen molar-refractivity contribution in [1.29, 1.82) is 0 Å². The van der Waals surface area contributed by atoms with Gasteiger partial charge in [0.2, 0.25) is 5.95 Å². The van der Waals surface area contributed by atoms with Crippen LogP contribution in [-0.4, -0.2) is 32.0 Å². The largest absolute Gasteiger partial charge is 0.351 e. The number of anilines is 1. The van der Waals surface area contributed by atoms with Gasteiger partial charge in [0.25, 0.3) is 0 Å². The van der Waals surface area contributed by atoms with E-state index in [0.717, 1.165) is 12.8 Å². The van der Waals surface area contributed by atoms with E-state index >= 15 is 0 Å². The van der Waals surface area contributed by atoms with Gasteiger partial charge in [-0.3, -0.25) is 10.1 Å². The first-order chi connectivity index (χ1) is 9.17. The molecule has 2 heterocycles. The molecule has 0 bridgehead atoms. The molecular formula is C13H21N5O2. The number of hydrogen-bond donors (Lipinski definition) is 2. The van der Waals surface area contributed by atoms with Crippen molar-refractivity contribution in [2.24, 2.45) is 0 Å². The lowest BCUT2D eigenvalue weighted by Crippen LogP contribution is -2.60. The first-order valence-electron chi connectivity index (χ1n) is 6.69. The van der Waals surface area contributed by atoms with Crippen molar-refractivity contribution in [2.75, 3.05) is 5.32 Å². The van der Waals surface area contributed by atoms with Crippen molar-refractivity contribution < 1.29 is 4.92 Å². The van der Waals surface area contributed by atoms with Gasteiger partial charge in [-0.2, -0.15) is 0 Å². The maximum absolute atomic E-state index is 10.6. The molecule has 110 valence electrons. The fourth-order valence-electron chi connectivity index (χ4n) is 3.10. The summed E-state index contributed by atoms with van der Waals surface area (Å²) < 4.78 is 0. The van der Waals surface area contributed by atoms with Crippen LogP contribution in [0.3, 0.4) is 0 Å². The maximum Gasteiger partial charge on any atom is 0.305 e. The van der Waals surface area contributed by atoms with Crippen LogP contribution >= 0.6 is 0 Å². The van der Waals surface area contributed by atoms with Crippen molar-refractivity contribution in [1.82, 2.24) is 15.3 Å². The summed E-state index contributed by atoms with van der Waals surface area (Å²) in [4.78, 5) is 18.1. The van der Waals surface area contributed by atoms with Crippen LogP contribution in [0.1, 0.15) is 40.5 Å². The Kier molecular flexibility index (Phi) is 3.64. The summed E-state index contributed by atoms with van der Waals surface area (Å²) in [5.74, 6) is 0.439. The molecule has 1 saturated heterocycles. The minimum Gasteiger partial charge on any atom is -0.351 e. The van der Waals surface area contributed by atoms with E-state index in [2.05, 4.69) is 48.3 Å². The molecule has 0 unspecified atom stereocenters. The van der Waals surface area contributed by atoms with Crippen LogP contribution in [-0.2, 0) is 0 Å². The number of nitrogens with one attached hydrogen (secondary N) is 2. The average molecular weight is 279 g/mol. The fourth-order valence-corrected chi connectivity index (χ4v) is 3.10. The summed E-state index contributed by atoms with van der Waals surface area (Å²) in [5.41, 5.74) is -0.0399. The van der Waals surface area contributed by atoms with Crippen LogP contribution in [0.25, 0.3) is 0 Å². The zero-order chi connectivity index (χ0) is 15.0. The van der Waals surface area contributed by atoms with E-state index in [1.54, 1.807) is 0 Å². The number of hydrogen-bond acceptors (Lipinski definition) is 6. The minimum atomic E-state index is -0.499. The quantitative estimate of drug-likeness (QED) is 0.650. The molecule has 2 N–H and O–H groups in total. The highest BCUT2D eigenvalue weighted by atomic mass is 16.6. The number of piperidine rings is 1. The van der Waals surface area contributed by atoms with Gasteiger partial charge >= 0.3 is 5.69 Å². The molecule has 7 nitrogen and oxygen atoms in total. The van der Waals surface area contributed by atoms with Gasteiger partial charge in [-0.25, -0.2) is 9.97 Å². The first-order valence-corrected chi connectivity index (χ1v) is 6.69. The lowest BCUT2D eigenvalue weighted by Gasteiger charge is -2.46. The van der Waals surface area contributed by atoms with Crippen LogP contribution in [0.2, 0.25) is 0 Å². The van der Waals surface area contributed by atoms with Gasteiger partial charge in [0.05, 0.1) is 4.92 Å². The van der Waals surface area contributed by atoms with Crippen molar-refractivity contribution in [3.05, 3.63) is 22.5 Å². The Bertz CT molecular complexity index is 482. The van der Waals surface area contributed by atoms with Crippen molar-refractivity contribution in [3.8, 4) is 0 Å². The molecule has 2 rings (SSSR count). The molecule has 20 heavy (non-hydrogen) atoms. The van der Waals surface area contributed by atoms with Crippen LogP contribution < -0.4 is 10.6 Å². The first kappa shape index (κ1) is 14.6. The maximum atomic E-state index is 10.6. The highest BCUT2D eigenvalue weighted by Crippen LogP contribution is 2.29. The number of aromatic nitrogens is 2. The normalized spacial score (nSPS) is 21.4. The standard InChI is InChI=1S/C13H21N5O2/c1-12(2)5-9(6-13(3,4)17-12)16-11-14-7-10(8-15-11)18(19)20/h7-9,17H,5-6H2,1-4H3,(H,14,15,16). The summed E-state index contributed by atoms with van der Waals surface area (Å²) in [5, 5.41) is 17.4. The third-order valence-corrected chi connectivity index (χ3v) is 3.37. The summed E-state index contributed by atoms with van der Waals surface area (Å²) in [6, 6.07) is 0.239. The molecule has 0 atom stereocenters. The smallest absolute Gasteiger partial charge is 0.305 e. The van der Waals surface area contributed by atoms with Crippen molar-refractivity contribution in [2.45, 2.75) is 57.7 Å². The Labute approximate surface area is 118 Å². The second-order valence-corrected chi connectivity index (χ2v) is 6.66. The van der Waals surface area contributed by atoms with Gasteiger partial charge in [0, 0.05) is 17.1 Å². The van der Waals surface area contributed by atoms with Gasteiger partial charge in [0.1, 0.15) is 12.4 Å². The Morgan fingerprint density at radius 2 is 1.75 bits per heavy atom. The van der Waals surface area contributed by atoms with Crippen LogP contribution in [0, 0.1) is 10.1 Å². The Morgan fingerprint density at radius 3 is 2.20 bits per heavy atom. The molecule has 0 amide bonds. The lowest BCUT2D eigenvalue weighted by molar-refractivity contribution is -0.385. The molecule has 0 aliphatic carbocycles. The third-order valence-electron chi connectivity index (χ3n) is 3.37. The zero-order valence-electron chi connectivity index (χ0n) is 12.3. The molecule has 1 aromatic heterocycles. The van der Waals surface area contributed by atoms with Gasteiger partial charge in [-0.1, -0.05) is 0 Å². The van der Waals surface area contributed by atoms with E-state index in [4.69, 9.17) is 0 Å². The molecule has 1 fully saturated rings. The highest BCUT2D eigenvalue weighted by Gasteiger charge is 2.37. The third kappa shape index (κ3) is 3.63. The van der Waals surface area contributed by atoms with E-state index in [9.17, 15) is 10.1 Å². The van der Waals surface area contributed by atoms with E-state index < -0.39 is 4.92 Å². The Balaban J connectivity index is 2.07. The Morgan fingerprint density at radius 1 is 1.25 bits per heavy atom. The van der Waals surface area contributed by atoms with Crippen LogP contribution in [0.15, 0.2) is 12.4 Å². The van der Waals surface area contributed by atoms with Gasteiger partial charge in [-0.15, -0.1) is 0 Å². The van der Waals surface area contributed by atoms with Gasteiger partial charge in [-0.05, 0) is 40.5 Å². The summed E-state index contributed by atoms with van der Waals surface area (Å²) >= 11 is 0. The van der Waals surface area contributed by atoms with Crippen LogP contribution in [0.5, 0.6) is 0 Å². The number of rotatable bonds is 3. The van der Waals surface area contributed by atoms with E-state index in [1.807, 2.05) is 0 Å². The predicted octanol–water partition coefficient (Wildman–Crippen LogP) is 2.11. The van der Waals surface area contributed by atoms with Gasteiger partial charge in [0.15, 0.2) is 0 Å². The molecule has 0 aromatic carbocycles. The molecule has 1 aliphatic heterocycles. The van der Waals surface area contributed by atoms with Crippen LogP contribution in [0.4, 0.5) is 11.6 Å². The van der Waals surface area contributed by atoms with Crippen molar-refractivity contribution >= 4 is 11.6 Å². The summed E-state index contributed by atoms with van der Waals surface area (Å²) in [6.45, 7) is 8.66.